The highest BCUT2D eigenvalue weighted by Gasteiger charge is 2.22. The summed E-state index contributed by atoms with van der Waals surface area (Å²) in [5.41, 5.74) is 4.93. The van der Waals surface area contributed by atoms with Crippen LogP contribution >= 0.6 is 47.0 Å². The fourth-order valence-electron chi connectivity index (χ4n) is 4.33. The van der Waals surface area contributed by atoms with E-state index in [9.17, 15) is 0 Å². The van der Waals surface area contributed by atoms with E-state index >= 15 is 0 Å². The number of hydrogen-bond acceptors (Lipinski definition) is 4. The molecular weight excluding hydrogens is 489 g/mol. The first-order chi connectivity index (χ1) is 16.8. The summed E-state index contributed by atoms with van der Waals surface area (Å²) < 4.78 is 0. The summed E-state index contributed by atoms with van der Waals surface area (Å²) in [6.45, 7) is 0. The third kappa shape index (κ3) is 3.61. The van der Waals surface area contributed by atoms with Crippen LogP contribution < -0.4 is 0 Å². The first kappa shape index (κ1) is 20.8. The van der Waals surface area contributed by atoms with Crippen molar-refractivity contribution >= 4 is 47.0 Å². The Morgan fingerprint density at radius 2 is 0.941 bits per heavy atom. The van der Waals surface area contributed by atoms with Crippen molar-refractivity contribution in [1.29, 1.82) is 0 Å². The molecule has 0 unspecified atom stereocenters. The van der Waals surface area contributed by atoms with Crippen LogP contribution in [0.5, 0.6) is 0 Å². The lowest BCUT2D eigenvalue weighted by Crippen LogP contribution is -1.94. The van der Waals surface area contributed by atoms with E-state index in [0.29, 0.717) is 0 Å². The van der Waals surface area contributed by atoms with Crippen molar-refractivity contribution in [2.45, 2.75) is 39.2 Å². The minimum Gasteiger partial charge on any atom is -0.0877 e. The number of rotatable bonds is 2. The summed E-state index contributed by atoms with van der Waals surface area (Å²) in [6, 6.07) is 40.8. The van der Waals surface area contributed by atoms with Crippen LogP contribution in [0.25, 0.3) is 22.3 Å². The van der Waals surface area contributed by atoms with Gasteiger partial charge in [-0.3, -0.25) is 0 Å². The molecular formula is C30H17S4. The standard InChI is InChI=1S/C30H17S4/c1-3-14-25-23(12-1)31-27-16-6-10-21(29(27)33-25)19-8-5-9-20(18-19)22-11-7-17-28-30(22)34-26-15-4-2-13-24(26)32-28/h1-8,10-18H. The van der Waals surface area contributed by atoms with Crippen molar-refractivity contribution in [3.05, 3.63) is 109 Å². The highest BCUT2D eigenvalue weighted by Crippen LogP contribution is 2.53. The van der Waals surface area contributed by atoms with E-state index in [4.69, 9.17) is 0 Å². The molecule has 2 aliphatic rings. The van der Waals surface area contributed by atoms with E-state index in [1.54, 1.807) is 0 Å². The van der Waals surface area contributed by atoms with Crippen LogP contribution in [-0.2, 0) is 0 Å². The second kappa shape index (κ2) is 8.62. The molecule has 0 spiro atoms. The van der Waals surface area contributed by atoms with Gasteiger partial charge in [0.25, 0.3) is 0 Å². The Hall–Kier alpha value is -2.50. The number of fused-ring (bicyclic) bond motifs is 4. The lowest BCUT2D eigenvalue weighted by Gasteiger charge is -2.22. The van der Waals surface area contributed by atoms with E-state index in [1.165, 1.54) is 55.9 Å². The van der Waals surface area contributed by atoms with E-state index in [-0.39, 0.29) is 0 Å². The van der Waals surface area contributed by atoms with Gasteiger partial charge < -0.3 is 0 Å². The monoisotopic (exact) mass is 505 g/mol. The molecule has 7 rings (SSSR count). The minimum atomic E-state index is 1.15. The molecule has 2 heterocycles. The summed E-state index contributed by atoms with van der Waals surface area (Å²) in [4.78, 5) is 10.7. The van der Waals surface area contributed by atoms with Crippen molar-refractivity contribution < 1.29 is 0 Å². The molecule has 34 heavy (non-hydrogen) atoms. The van der Waals surface area contributed by atoms with Crippen LogP contribution in [0.4, 0.5) is 0 Å². The molecule has 0 nitrogen and oxygen atoms in total. The normalized spacial score (nSPS) is 13.4. The average molecular weight is 506 g/mol. The summed E-state index contributed by atoms with van der Waals surface area (Å²) in [6.07, 6.45) is 0. The van der Waals surface area contributed by atoms with Crippen LogP contribution in [0, 0.1) is 6.07 Å². The lowest BCUT2D eigenvalue weighted by atomic mass is 9.99. The Labute approximate surface area is 216 Å². The van der Waals surface area contributed by atoms with E-state index in [1.807, 2.05) is 47.0 Å². The predicted octanol–water partition coefficient (Wildman–Crippen LogP) is 10.1. The maximum atomic E-state index is 3.53. The van der Waals surface area contributed by atoms with Crippen LogP contribution in [-0.4, -0.2) is 0 Å². The van der Waals surface area contributed by atoms with Gasteiger partial charge in [-0.15, -0.1) is 0 Å². The van der Waals surface area contributed by atoms with E-state index in [2.05, 4.69) is 109 Å². The van der Waals surface area contributed by atoms with Gasteiger partial charge in [0, 0.05) is 39.2 Å². The molecule has 0 N–H and O–H groups in total. The van der Waals surface area contributed by atoms with Crippen LogP contribution in [0.15, 0.2) is 142 Å². The third-order valence-electron chi connectivity index (χ3n) is 5.92. The molecule has 5 aromatic carbocycles. The highest BCUT2D eigenvalue weighted by atomic mass is 32.2. The maximum absolute atomic E-state index is 3.53. The van der Waals surface area contributed by atoms with Crippen LogP contribution in [0.2, 0.25) is 0 Å². The molecule has 0 aliphatic carbocycles. The first-order valence-electron chi connectivity index (χ1n) is 11.0. The zero-order chi connectivity index (χ0) is 22.5. The fourth-order valence-corrected chi connectivity index (χ4v) is 9.12. The molecule has 0 saturated carbocycles. The molecule has 0 aromatic heterocycles. The van der Waals surface area contributed by atoms with Crippen molar-refractivity contribution in [2.75, 3.05) is 0 Å². The zero-order valence-corrected chi connectivity index (χ0v) is 21.2. The summed E-state index contributed by atoms with van der Waals surface area (Å²) in [7, 11) is 0. The van der Waals surface area contributed by atoms with Gasteiger partial charge in [-0.25, -0.2) is 0 Å². The predicted molar refractivity (Wildman–Crippen MR) is 146 cm³/mol. The topological polar surface area (TPSA) is 0 Å². The maximum Gasteiger partial charge on any atom is 0.0341 e. The lowest BCUT2D eigenvalue weighted by molar-refractivity contribution is 1.16. The molecule has 0 fully saturated rings. The summed E-state index contributed by atoms with van der Waals surface area (Å²) in [5, 5.41) is 0. The van der Waals surface area contributed by atoms with E-state index < -0.39 is 0 Å². The molecule has 0 saturated heterocycles. The Kier molecular flexibility index (Phi) is 5.28. The quantitative estimate of drug-likeness (QED) is 0.229. The largest absolute Gasteiger partial charge is 0.0877 e. The average Bonchev–Trinajstić information content (AvgIpc) is 2.90. The van der Waals surface area contributed by atoms with Crippen molar-refractivity contribution in [2.24, 2.45) is 0 Å². The Morgan fingerprint density at radius 1 is 0.441 bits per heavy atom. The van der Waals surface area contributed by atoms with E-state index in [0.717, 1.165) is 5.56 Å². The van der Waals surface area contributed by atoms with Gasteiger partial charge in [0.1, 0.15) is 0 Å². The third-order valence-corrected chi connectivity index (χ3v) is 11.2. The van der Waals surface area contributed by atoms with Gasteiger partial charge in [0.2, 0.25) is 0 Å². The fraction of sp³-hybridized carbons (Fsp3) is 0. The molecule has 5 aromatic rings. The number of benzene rings is 5. The molecule has 1 radical (unpaired) electrons. The van der Waals surface area contributed by atoms with Gasteiger partial charge in [-0.1, -0.05) is 108 Å². The summed E-state index contributed by atoms with van der Waals surface area (Å²) >= 11 is 7.49. The molecule has 0 bridgehead atoms. The second-order valence-electron chi connectivity index (χ2n) is 8.06. The highest BCUT2D eigenvalue weighted by molar-refractivity contribution is 8.05. The second-order valence-corrected chi connectivity index (χ2v) is 12.3. The van der Waals surface area contributed by atoms with Gasteiger partial charge in [-0.05, 0) is 70.8 Å². The Morgan fingerprint density at radius 3 is 1.56 bits per heavy atom. The van der Waals surface area contributed by atoms with Crippen molar-refractivity contribution in [3.8, 4) is 22.3 Å². The smallest absolute Gasteiger partial charge is 0.0341 e. The molecule has 0 atom stereocenters. The minimum absolute atomic E-state index is 1.15. The first-order valence-corrected chi connectivity index (χ1v) is 14.3. The van der Waals surface area contributed by atoms with Gasteiger partial charge >= 0.3 is 0 Å². The molecule has 2 aliphatic heterocycles. The van der Waals surface area contributed by atoms with Crippen molar-refractivity contribution in [1.82, 2.24) is 0 Å². The molecule has 161 valence electrons. The molecule has 4 heteroatoms. The van der Waals surface area contributed by atoms with Gasteiger partial charge in [0.05, 0.1) is 0 Å². The Balaban J connectivity index is 1.31. The Bertz CT molecular complexity index is 1460. The van der Waals surface area contributed by atoms with Gasteiger partial charge in [-0.2, -0.15) is 0 Å². The molecule has 0 amide bonds. The van der Waals surface area contributed by atoms with Crippen molar-refractivity contribution in [3.63, 3.8) is 0 Å². The zero-order valence-electron chi connectivity index (χ0n) is 17.9. The number of hydrogen-bond donors (Lipinski definition) is 0. The van der Waals surface area contributed by atoms with Crippen LogP contribution in [0.3, 0.4) is 0 Å². The SMILES string of the molecule is [c]1ccc(-c2cccc3c2Sc2ccccc2S3)cc1-c1cccc2c1Sc1ccccc1S2. The summed E-state index contributed by atoms with van der Waals surface area (Å²) in [5.74, 6) is 0. The van der Waals surface area contributed by atoms with Gasteiger partial charge in [0.15, 0.2) is 0 Å². The van der Waals surface area contributed by atoms with Crippen LogP contribution in [0.1, 0.15) is 0 Å².